The van der Waals surface area contributed by atoms with Crippen LogP contribution in [0.3, 0.4) is 0 Å². The fourth-order valence-electron chi connectivity index (χ4n) is 3.62. The molecule has 6 nitrogen and oxygen atoms in total. The number of hydrogen-bond acceptors (Lipinski definition) is 5. The quantitative estimate of drug-likeness (QED) is 0.738. The van der Waals surface area contributed by atoms with Gasteiger partial charge in [0, 0.05) is 37.9 Å². The van der Waals surface area contributed by atoms with Crippen LogP contribution >= 0.6 is 24.8 Å². The first kappa shape index (κ1) is 25.0. The number of nitrogens with zero attached hydrogens (tertiary/aromatic N) is 2. The number of hydrogen-bond donors (Lipinski definition) is 1. The van der Waals surface area contributed by atoms with Crippen LogP contribution in [0.1, 0.15) is 42.3 Å². The summed E-state index contributed by atoms with van der Waals surface area (Å²) in [6.45, 7) is 1.54. The van der Waals surface area contributed by atoms with Gasteiger partial charge in [0.15, 0.2) is 11.5 Å². The number of rotatable bonds is 6. The Morgan fingerprint density at radius 2 is 1.72 bits per heavy atom. The molecule has 2 N–H and O–H groups in total. The molecule has 2 heterocycles. The summed E-state index contributed by atoms with van der Waals surface area (Å²) in [7, 11) is 3.18. The van der Waals surface area contributed by atoms with Crippen molar-refractivity contribution < 1.29 is 14.3 Å². The minimum atomic E-state index is -0.366. The second-order valence-corrected chi connectivity index (χ2v) is 6.86. The van der Waals surface area contributed by atoms with Crippen molar-refractivity contribution in [2.75, 3.05) is 27.3 Å². The Bertz CT molecular complexity index is 769. The lowest BCUT2D eigenvalue weighted by Crippen LogP contribution is -2.39. The third-order valence-electron chi connectivity index (χ3n) is 5.26. The average molecular weight is 442 g/mol. The highest BCUT2D eigenvalue weighted by Crippen LogP contribution is 2.31. The minimum Gasteiger partial charge on any atom is -0.493 e. The molecule has 160 valence electrons. The van der Waals surface area contributed by atoms with Gasteiger partial charge in [-0.05, 0) is 54.2 Å². The first-order valence-electron chi connectivity index (χ1n) is 9.27. The predicted molar refractivity (Wildman–Crippen MR) is 118 cm³/mol. The Labute approximate surface area is 184 Å². The Balaban J connectivity index is 0.00000210. The van der Waals surface area contributed by atoms with Crippen molar-refractivity contribution >= 4 is 30.7 Å². The smallest absolute Gasteiger partial charge is 0.224 e. The van der Waals surface area contributed by atoms with Gasteiger partial charge in [0.2, 0.25) is 5.91 Å². The van der Waals surface area contributed by atoms with Gasteiger partial charge in [0.1, 0.15) is 0 Å². The van der Waals surface area contributed by atoms with E-state index in [2.05, 4.69) is 17.1 Å². The van der Waals surface area contributed by atoms with Crippen molar-refractivity contribution in [1.29, 1.82) is 0 Å². The number of amides is 1. The maximum absolute atomic E-state index is 12.7. The van der Waals surface area contributed by atoms with Crippen LogP contribution in [-0.4, -0.2) is 43.1 Å². The number of methoxy groups -OCH3 is 2. The summed E-state index contributed by atoms with van der Waals surface area (Å²) in [5.41, 5.74) is 8.46. The lowest BCUT2D eigenvalue weighted by molar-refractivity contribution is -0.132. The summed E-state index contributed by atoms with van der Waals surface area (Å²) in [5, 5.41) is 0. The highest BCUT2D eigenvalue weighted by atomic mass is 35.5. The standard InChI is InChI=1S/C21H27N3O3.2ClH/c1-26-19-4-3-17(13-20(19)27-2)18(22)14-21(25)24-11-7-16(8-12-24)15-5-9-23-10-6-15;;/h3-6,9-10,13,16,18H,7-8,11-12,14,22H2,1-2H3;2*1H. The topological polar surface area (TPSA) is 77.7 Å². The van der Waals surface area contributed by atoms with Gasteiger partial charge in [-0.2, -0.15) is 0 Å². The Kier molecular flexibility index (Phi) is 10.2. The van der Waals surface area contributed by atoms with Crippen molar-refractivity contribution in [3.8, 4) is 11.5 Å². The summed E-state index contributed by atoms with van der Waals surface area (Å²) >= 11 is 0. The van der Waals surface area contributed by atoms with Crippen molar-refractivity contribution in [1.82, 2.24) is 9.88 Å². The monoisotopic (exact) mass is 441 g/mol. The summed E-state index contributed by atoms with van der Waals surface area (Å²) in [5.74, 6) is 1.87. The lowest BCUT2D eigenvalue weighted by Gasteiger charge is -2.33. The molecule has 2 aromatic rings. The van der Waals surface area contributed by atoms with E-state index in [1.54, 1.807) is 14.2 Å². The fourth-order valence-corrected chi connectivity index (χ4v) is 3.62. The number of nitrogens with two attached hydrogens (primary N) is 1. The van der Waals surface area contributed by atoms with E-state index in [9.17, 15) is 4.79 Å². The number of carbonyl (C=O) groups excluding carboxylic acids is 1. The summed E-state index contributed by atoms with van der Waals surface area (Å²) < 4.78 is 10.6. The average Bonchev–Trinajstić information content (AvgIpc) is 2.73. The highest BCUT2D eigenvalue weighted by Gasteiger charge is 2.25. The van der Waals surface area contributed by atoms with Gasteiger partial charge in [0.05, 0.1) is 14.2 Å². The number of piperidine rings is 1. The Morgan fingerprint density at radius 3 is 2.31 bits per heavy atom. The molecule has 1 fully saturated rings. The first-order valence-corrected chi connectivity index (χ1v) is 9.27. The summed E-state index contributed by atoms with van der Waals surface area (Å²) in [6.07, 6.45) is 5.89. The third-order valence-corrected chi connectivity index (χ3v) is 5.26. The van der Waals surface area contributed by atoms with Crippen molar-refractivity contribution in [3.63, 3.8) is 0 Å². The Morgan fingerprint density at radius 1 is 1.10 bits per heavy atom. The fraction of sp³-hybridized carbons (Fsp3) is 0.429. The number of ether oxygens (including phenoxy) is 2. The molecule has 0 radical (unpaired) electrons. The molecule has 1 saturated heterocycles. The molecule has 0 aliphatic carbocycles. The molecule has 8 heteroatoms. The number of likely N-dealkylation sites (tertiary alicyclic amines) is 1. The zero-order chi connectivity index (χ0) is 19.2. The Hall–Kier alpha value is -2.02. The van der Waals surface area contributed by atoms with Gasteiger partial charge in [0.25, 0.3) is 0 Å². The molecule has 0 spiro atoms. The minimum absolute atomic E-state index is 0. The van der Waals surface area contributed by atoms with Crippen LogP contribution in [0.25, 0.3) is 0 Å². The van der Waals surface area contributed by atoms with Crippen LogP contribution in [0.4, 0.5) is 0 Å². The SMILES string of the molecule is COc1ccc(C(N)CC(=O)N2CCC(c3ccncc3)CC2)cc1OC.Cl.Cl. The molecule has 3 rings (SSSR count). The molecule has 1 aliphatic heterocycles. The van der Waals surface area contributed by atoms with E-state index in [0.717, 1.165) is 31.5 Å². The van der Waals surface area contributed by atoms with Gasteiger partial charge in [-0.25, -0.2) is 0 Å². The molecule has 29 heavy (non-hydrogen) atoms. The number of halogens is 2. The molecule has 1 amide bonds. The molecular formula is C21H29Cl2N3O3. The number of benzene rings is 1. The molecular weight excluding hydrogens is 413 g/mol. The summed E-state index contributed by atoms with van der Waals surface area (Å²) in [4.78, 5) is 18.7. The van der Waals surface area contributed by atoms with Crippen LogP contribution in [0.5, 0.6) is 11.5 Å². The van der Waals surface area contributed by atoms with Gasteiger partial charge in [-0.15, -0.1) is 24.8 Å². The maximum atomic E-state index is 12.7. The van der Waals surface area contributed by atoms with Crippen LogP contribution in [0, 0.1) is 0 Å². The largest absolute Gasteiger partial charge is 0.493 e. The third kappa shape index (κ3) is 6.23. The lowest BCUT2D eigenvalue weighted by atomic mass is 9.90. The van der Waals surface area contributed by atoms with Crippen LogP contribution in [0.2, 0.25) is 0 Å². The van der Waals surface area contributed by atoms with E-state index in [1.807, 2.05) is 35.5 Å². The molecule has 0 saturated carbocycles. The normalized spacial score (nSPS) is 14.9. The second-order valence-electron chi connectivity index (χ2n) is 6.86. The highest BCUT2D eigenvalue weighted by molar-refractivity contribution is 5.85. The van der Waals surface area contributed by atoms with Crippen LogP contribution < -0.4 is 15.2 Å². The number of aromatic nitrogens is 1. The zero-order valence-electron chi connectivity index (χ0n) is 16.7. The van der Waals surface area contributed by atoms with E-state index >= 15 is 0 Å². The summed E-state index contributed by atoms with van der Waals surface area (Å²) in [6, 6.07) is 9.31. The molecule has 1 aromatic heterocycles. The molecule has 0 bridgehead atoms. The molecule has 1 aromatic carbocycles. The number of pyridine rings is 1. The first-order chi connectivity index (χ1) is 13.1. The number of carbonyl (C=O) groups is 1. The van der Waals surface area contributed by atoms with Crippen LogP contribution in [0.15, 0.2) is 42.7 Å². The van der Waals surface area contributed by atoms with E-state index in [0.29, 0.717) is 17.4 Å². The van der Waals surface area contributed by atoms with Crippen molar-refractivity contribution in [2.24, 2.45) is 5.73 Å². The van der Waals surface area contributed by atoms with E-state index in [-0.39, 0.29) is 43.2 Å². The van der Waals surface area contributed by atoms with Gasteiger partial charge in [-0.3, -0.25) is 9.78 Å². The second kappa shape index (κ2) is 11.9. The zero-order valence-corrected chi connectivity index (χ0v) is 18.4. The van der Waals surface area contributed by atoms with Crippen LogP contribution in [-0.2, 0) is 4.79 Å². The molecule has 1 aliphatic rings. The van der Waals surface area contributed by atoms with E-state index in [1.165, 1.54) is 5.56 Å². The van der Waals surface area contributed by atoms with Gasteiger partial charge < -0.3 is 20.1 Å². The van der Waals surface area contributed by atoms with Crippen molar-refractivity contribution in [3.05, 3.63) is 53.9 Å². The molecule has 1 unspecified atom stereocenters. The maximum Gasteiger partial charge on any atom is 0.224 e. The van der Waals surface area contributed by atoms with Gasteiger partial charge in [-0.1, -0.05) is 6.07 Å². The van der Waals surface area contributed by atoms with Gasteiger partial charge >= 0.3 is 0 Å². The van der Waals surface area contributed by atoms with E-state index in [4.69, 9.17) is 15.2 Å². The predicted octanol–water partition coefficient (Wildman–Crippen LogP) is 3.74. The van der Waals surface area contributed by atoms with Crippen molar-refractivity contribution in [2.45, 2.75) is 31.2 Å². The molecule has 1 atom stereocenters. The van der Waals surface area contributed by atoms with E-state index < -0.39 is 0 Å².